The van der Waals surface area contributed by atoms with E-state index in [2.05, 4.69) is 11.4 Å². The van der Waals surface area contributed by atoms with Gasteiger partial charge in [0.25, 0.3) is 5.91 Å². The fraction of sp³-hybridized carbons (Fsp3) is 0.167. The summed E-state index contributed by atoms with van der Waals surface area (Å²) < 4.78 is 13.1. The summed E-state index contributed by atoms with van der Waals surface area (Å²) in [5.41, 5.74) is 15.8. The zero-order valence-corrected chi connectivity index (χ0v) is 12.6. The van der Waals surface area contributed by atoms with Gasteiger partial charge in [-0.25, -0.2) is 4.39 Å². The summed E-state index contributed by atoms with van der Waals surface area (Å²) >= 11 is 0. The number of primary amides is 1. The fourth-order valence-corrected chi connectivity index (χ4v) is 2.80. The molecule has 5 heteroatoms. The van der Waals surface area contributed by atoms with Crippen LogP contribution < -0.4 is 16.8 Å². The van der Waals surface area contributed by atoms with Crippen molar-refractivity contribution in [1.29, 1.82) is 0 Å². The van der Waals surface area contributed by atoms with E-state index in [1.165, 1.54) is 12.1 Å². The normalized spacial score (nSPS) is 14.4. The van der Waals surface area contributed by atoms with Crippen molar-refractivity contribution in [2.75, 3.05) is 18.8 Å². The van der Waals surface area contributed by atoms with Gasteiger partial charge in [-0.3, -0.25) is 4.79 Å². The third kappa shape index (κ3) is 3.10. The number of nitrogens with one attached hydrogen (secondary N) is 1. The van der Waals surface area contributed by atoms with Crippen LogP contribution in [0.25, 0.3) is 16.7 Å². The number of hydrogen-bond donors (Lipinski definition) is 3. The minimum Gasteiger partial charge on any atom is -0.398 e. The maximum absolute atomic E-state index is 13.1. The molecule has 0 aromatic heterocycles. The molecule has 0 saturated heterocycles. The quantitative estimate of drug-likeness (QED) is 0.762. The van der Waals surface area contributed by atoms with Gasteiger partial charge in [0.1, 0.15) is 5.82 Å². The number of hydrogen-bond acceptors (Lipinski definition) is 3. The lowest BCUT2D eigenvalue weighted by Crippen LogP contribution is -2.21. The lowest BCUT2D eigenvalue weighted by molar-refractivity contribution is 0.100. The Morgan fingerprint density at radius 1 is 1.13 bits per heavy atom. The summed E-state index contributed by atoms with van der Waals surface area (Å²) in [6.07, 6.45) is 2.89. The van der Waals surface area contributed by atoms with Crippen LogP contribution in [0.15, 0.2) is 42.5 Å². The first-order valence-electron chi connectivity index (χ1n) is 7.45. The van der Waals surface area contributed by atoms with Crippen molar-refractivity contribution in [3.63, 3.8) is 0 Å². The second-order valence-electron chi connectivity index (χ2n) is 5.54. The van der Waals surface area contributed by atoms with Crippen LogP contribution >= 0.6 is 0 Å². The second kappa shape index (κ2) is 6.22. The summed E-state index contributed by atoms with van der Waals surface area (Å²) in [7, 11) is 0. The molecule has 2 aromatic rings. The molecule has 3 rings (SSSR count). The maximum Gasteiger partial charge on any atom is 0.250 e. The molecular weight excluding hydrogens is 293 g/mol. The minimum absolute atomic E-state index is 0.293. The summed E-state index contributed by atoms with van der Waals surface area (Å²) in [6.45, 7) is 1.62. The van der Waals surface area contributed by atoms with Gasteiger partial charge >= 0.3 is 0 Å². The molecule has 0 spiro atoms. The average Bonchev–Trinajstić information content (AvgIpc) is 2.56. The predicted molar refractivity (Wildman–Crippen MR) is 90.2 cm³/mol. The lowest BCUT2D eigenvalue weighted by atomic mass is 9.91. The molecule has 2 aromatic carbocycles. The predicted octanol–water partition coefficient (Wildman–Crippen LogP) is 2.55. The van der Waals surface area contributed by atoms with Crippen molar-refractivity contribution in [3.8, 4) is 11.1 Å². The SMILES string of the molecule is NC(=O)c1cc(-c2ccc(F)cc2)cc(C2=CCNCC2)c1N. The highest BCUT2D eigenvalue weighted by Crippen LogP contribution is 2.33. The molecule has 0 aliphatic carbocycles. The Morgan fingerprint density at radius 3 is 2.48 bits per heavy atom. The molecule has 1 aliphatic heterocycles. The molecule has 23 heavy (non-hydrogen) atoms. The zero-order valence-electron chi connectivity index (χ0n) is 12.6. The first-order valence-corrected chi connectivity index (χ1v) is 7.45. The van der Waals surface area contributed by atoms with Crippen LogP contribution in [-0.2, 0) is 0 Å². The Bertz CT molecular complexity index is 782. The van der Waals surface area contributed by atoms with E-state index in [9.17, 15) is 9.18 Å². The first kappa shape index (κ1) is 15.2. The molecule has 1 aliphatic rings. The minimum atomic E-state index is -0.567. The van der Waals surface area contributed by atoms with Crippen LogP contribution in [0.1, 0.15) is 22.3 Å². The summed E-state index contributed by atoms with van der Waals surface area (Å²) in [5, 5.41) is 3.24. The van der Waals surface area contributed by atoms with Crippen molar-refractivity contribution in [2.24, 2.45) is 5.73 Å². The smallest absolute Gasteiger partial charge is 0.250 e. The topological polar surface area (TPSA) is 81.1 Å². The van der Waals surface area contributed by atoms with Crippen molar-refractivity contribution < 1.29 is 9.18 Å². The van der Waals surface area contributed by atoms with Crippen LogP contribution in [0.3, 0.4) is 0 Å². The van der Waals surface area contributed by atoms with Crippen molar-refractivity contribution in [2.45, 2.75) is 6.42 Å². The highest BCUT2D eigenvalue weighted by molar-refractivity contribution is 6.02. The number of amides is 1. The van der Waals surface area contributed by atoms with E-state index in [-0.39, 0.29) is 5.82 Å². The van der Waals surface area contributed by atoms with Gasteiger partial charge in [0.2, 0.25) is 0 Å². The Kier molecular flexibility index (Phi) is 4.12. The van der Waals surface area contributed by atoms with Crippen molar-refractivity contribution in [3.05, 3.63) is 59.4 Å². The Morgan fingerprint density at radius 2 is 1.87 bits per heavy atom. The molecule has 0 radical (unpaired) electrons. The van der Waals surface area contributed by atoms with E-state index < -0.39 is 5.91 Å². The second-order valence-corrected chi connectivity index (χ2v) is 5.54. The molecule has 0 bridgehead atoms. The van der Waals surface area contributed by atoms with Crippen LogP contribution in [0, 0.1) is 5.82 Å². The molecule has 0 saturated carbocycles. The number of nitrogen functional groups attached to an aromatic ring is 1. The Balaban J connectivity index is 2.17. The van der Waals surface area contributed by atoms with E-state index >= 15 is 0 Å². The molecule has 0 unspecified atom stereocenters. The van der Waals surface area contributed by atoms with Crippen LogP contribution in [0.2, 0.25) is 0 Å². The van der Waals surface area contributed by atoms with Gasteiger partial charge in [0.15, 0.2) is 0 Å². The summed E-state index contributed by atoms with van der Waals surface area (Å²) in [6, 6.07) is 9.72. The van der Waals surface area contributed by atoms with E-state index in [0.717, 1.165) is 41.8 Å². The van der Waals surface area contributed by atoms with Gasteiger partial charge in [-0.15, -0.1) is 0 Å². The van der Waals surface area contributed by atoms with E-state index in [4.69, 9.17) is 11.5 Å². The number of nitrogens with two attached hydrogens (primary N) is 2. The van der Waals surface area contributed by atoms with Crippen LogP contribution in [0.4, 0.5) is 10.1 Å². The number of benzene rings is 2. The molecule has 1 heterocycles. The highest BCUT2D eigenvalue weighted by Gasteiger charge is 2.17. The van der Waals surface area contributed by atoms with Crippen molar-refractivity contribution >= 4 is 17.2 Å². The summed E-state index contributed by atoms with van der Waals surface area (Å²) in [4.78, 5) is 11.7. The number of halogens is 1. The molecule has 118 valence electrons. The zero-order chi connectivity index (χ0) is 16.4. The number of carbonyl (C=O) groups excluding carboxylic acids is 1. The van der Waals surface area contributed by atoms with Gasteiger partial charge < -0.3 is 16.8 Å². The Labute approximate surface area is 134 Å². The highest BCUT2D eigenvalue weighted by atomic mass is 19.1. The molecule has 0 fully saturated rings. The monoisotopic (exact) mass is 311 g/mol. The largest absolute Gasteiger partial charge is 0.398 e. The number of anilines is 1. The van der Waals surface area contributed by atoms with E-state index in [1.807, 2.05) is 6.07 Å². The van der Waals surface area contributed by atoms with Gasteiger partial charge in [-0.1, -0.05) is 18.2 Å². The maximum atomic E-state index is 13.1. The standard InChI is InChI=1S/C18H18FN3O/c19-14-3-1-11(2-4-14)13-9-15(12-5-7-22-8-6-12)17(20)16(10-13)18(21)23/h1-5,9-10,22H,6-8,20H2,(H2,21,23). The molecular formula is C18H18FN3O. The van der Waals surface area contributed by atoms with Gasteiger partial charge in [0.05, 0.1) is 11.3 Å². The molecule has 5 N–H and O–H groups in total. The summed E-state index contributed by atoms with van der Waals surface area (Å²) in [5.74, 6) is -0.872. The molecule has 0 atom stereocenters. The Hall–Kier alpha value is -2.66. The fourth-order valence-electron chi connectivity index (χ4n) is 2.80. The third-order valence-corrected chi connectivity index (χ3v) is 4.03. The molecule has 4 nitrogen and oxygen atoms in total. The van der Waals surface area contributed by atoms with Crippen LogP contribution in [0.5, 0.6) is 0 Å². The lowest BCUT2D eigenvalue weighted by Gasteiger charge is -2.19. The number of rotatable bonds is 3. The molecule has 1 amide bonds. The van der Waals surface area contributed by atoms with Crippen LogP contribution in [-0.4, -0.2) is 19.0 Å². The number of carbonyl (C=O) groups is 1. The first-order chi connectivity index (χ1) is 11.1. The van der Waals surface area contributed by atoms with Gasteiger partial charge in [-0.2, -0.15) is 0 Å². The average molecular weight is 311 g/mol. The van der Waals surface area contributed by atoms with E-state index in [1.54, 1.807) is 18.2 Å². The van der Waals surface area contributed by atoms with Gasteiger partial charge in [0, 0.05) is 12.1 Å². The van der Waals surface area contributed by atoms with Crippen molar-refractivity contribution in [1.82, 2.24) is 5.32 Å². The van der Waals surface area contributed by atoms with Gasteiger partial charge in [-0.05, 0) is 53.9 Å². The third-order valence-electron chi connectivity index (χ3n) is 4.03. The van der Waals surface area contributed by atoms with E-state index in [0.29, 0.717) is 11.3 Å².